The molecule has 0 spiro atoms. The summed E-state index contributed by atoms with van der Waals surface area (Å²) in [5.41, 5.74) is 2.48. The van der Waals surface area contributed by atoms with Gasteiger partial charge in [-0.25, -0.2) is 0 Å². The number of aryl methyl sites for hydroxylation is 2. The van der Waals surface area contributed by atoms with Crippen LogP contribution in [0.25, 0.3) is 0 Å². The van der Waals surface area contributed by atoms with E-state index in [9.17, 15) is 0 Å². The number of unbranched alkanes of at least 4 members (excludes halogenated alkanes) is 2. The van der Waals surface area contributed by atoms with E-state index < -0.39 is 0 Å². The van der Waals surface area contributed by atoms with Crippen molar-refractivity contribution in [1.29, 1.82) is 0 Å². The Morgan fingerprint density at radius 1 is 1.32 bits per heavy atom. The van der Waals surface area contributed by atoms with E-state index in [1.165, 1.54) is 25.7 Å². The molecule has 4 heteroatoms. The van der Waals surface area contributed by atoms with Crippen LogP contribution in [0.5, 0.6) is 0 Å². The highest BCUT2D eigenvalue weighted by Crippen LogP contribution is 2.23. The highest BCUT2D eigenvalue weighted by molar-refractivity contribution is 6.30. The number of hydrogen-bond acceptors (Lipinski definition) is 2. The Morgan fingerprint density at radius 2 is 2.00 bits per heavy atom. The van der Waals surface area contributed by atoms with Gasteiger partial charge in [-0.15, -0.1) is 0 Å². The van der Waals surface area contributed by atoms with Crippen molar-refractivity contribution in [3.8, 4) is 0 Å². The molecule has 0 aliphatic carbocycles. The van der Waals surface area contributed by atoms with Crippen LogP contribution in [0, 0.1) is 12.3 Å². The summed E-state index contributed by atoms with van der Waals surface area (Å²) >= 11 is 6.23. The minimum Gasteiger partial charge on any atom is -0.312 e. The van der Waals surface area contributed by atoms with Crippen molar-refractivity contribution in [2.24, 2.45) is 12.5 Å². The molecule has 1 rings (SSSR count). The van der Waals surface area contributed by atoms with Crippen LogP contribution >= 0.6 is 11.6 Å². The minimum atomic E-state index is 0.345. The van der Waals surface area contributed by atoms with Crippen molar-refractivity contribution in [2.75, 3.05) is 6.54 Å². The van der Waals surface area contributed by atoms with E-state index in [-0.39, 0.29) is 0 Å². The second-order valence-electron chi connectivity index (χ2n) is 6.20. The number of halogens is 1. The molecular formula is C15H28ClN3. The number of nitrogens with zero attached hydrogens (tertiary/aromatic N) is 2. The maximum absolute atomic E-state index is 6.23. The van der Waals surface area contributed by atoms with Gasteiger partial charge in [-0.2, -0.15) is 5.10 Å². The number of rotatable bonds is 8. The van der Waals surface area contributed by atoms with Gasteiger partial charge in [0.05, 0.1) is 5.69 Å². The summed E-state index contributed by atoms with van der Waals surface area (Å²) < 4.78 is 1.74. The first-order chi connectivity index (χ1) is 8.87. The van der Waals surface area contributed by atoms with Crippen LogP contribution in [0.2, 0.25) is 5.15 Å². The van der Waals surface area contributed by atoms with Crippen molar-refractivity contribution in [3.05, 3.63) is 16.4 Å². The molecule has 0 aliphatic rings. The lowest BCUT2D eigenvalue weighted by Crippen LogP contribution is -2.29. The van der Waals surface area contributed by atoms with Gasteiger partial charge >= 0.3 is 0 Å². The Kier molecular flexibility index (Phi) is 6.34. The smallest absolute Gasteiger partial charge is 0.131 e. The first-order valence-corrected chi connectivity index (χ1v) is 7.64. The molecule has 0 bridgehead atoms. The Morgan fingerprint density at radius 3 is 2.53 bits per heavy atom. The third-order valence-electron chi connectivity index (χ3n) is 3.63. The predicted octanol–water partition coefficient (Wildman–Crippen LogP) is 4.08. The molecule has 0 saturated heterocycles. The summed E-state index contributed by atoms with van der Waals surface area (Å²) in [5.74, 6) is 0. The topological polar surface area (TPSA) is 29.9 Å². The monoisotopic (exact) mass is 285 g/mol. The van der Waals surface area contributed by atoms with Gasteiger partial charge in [-0.1, -0.05) is 51.6 Å². The van der Waals surface area contributed by atoms with Crippen LogP contribution in [0.15, 0.2) is 0 Å². The SMILES string of the molecule is CCCCCC(C)(C)CNCc1c(C)nn(C)c1Cl. The van der Waals surface area contributed by atoms with Crippen LogP contribution in [-0.4, -0.2) is 16.3 Å². The zero-order valence-corrected chi connectivity index (χ0v) is 13.8. The molecule has 110 valence electrons. The Balaban J connectivity index is 2.40. The van der Waals surface area contributed by atoms with E-state index >= 15 is 0 Å². The normalized spacial score (nSPS) is 12.1. The Labute approximate surface area is 122 Å². The van der Waals surface area contributed by atoms with Crippen LogP contribution in [0.1, 0.15) is 57.7 Å². The van der Waals surface area contributed by atoms with Gasteiger partial charge < -0.3 is 5.32 Å². The lowest BCUT2D eigenvalue weighted by Gasteiger charge is -2.25. The third kappa shape index (κ3) is 5.15. The number of aromatic nitrogens is 2. The quantitative estimate of drug-likeness (QED) is 0.730. The Hall–Kier alpha value is -0.540. The molecule has 1 aromatic heterocycles. The maximum atomic E-state index is 6.23. The molecule has 1 heterocycles. The van der Waals surface area contributed by atoms with E-state index in [1.807, 2.05) is 14.0 Å². The van der Waals surface area contributed by atoms with Gasteiger partial charge in [0.2, 0.25) is 0 Å². The second-order valence-corrected chi connectivity index (χ2v) is 6.56. The van der Waals surface area contributed by atoms with E-state index in [1.54, 1.807) is 4.68 Å². The van der Waals surface area contributed by atoms with E-state index in [0.717, 1.165) is 29.5 Å². The maximum Gasteiger partial charge on any atom is 0.131 e. The van der Waals surface area contributed by atoms with Crippen LogP contribution in [0.4, 0.5) is 0 Å². The second kappa shape index (κ2) is 7.30. The molecule has 3 nitrogen and oxygen atoms in total. The Bertz CT molecular complexity index is 396. The van der Waals surface area contributed by atoms with Gasteiger partial charge in [-0.3, -0.25) is 4.68 Å². The number of nitrogens with one attached hydrogen (secondary N) is 1. The zero-order chi connectivity index (χ0) is 14.5. The first kappa shape index (κ1) is 16.5. The lowest BCUT2D eigenvalue weighted by molar-refractivity contribution is 0.302. The number of hydrogen-bond donors (Lipinski definition) is 1. The molecule has 1 aromatic rings. The fourth-order valence-corrected chi connectivity index (χ4v) is 2.58. The van der Waals surface area contributed by atoms with Gasteiger partial charge in [0.15, 0.2) is 0 Å². The van der Waals surface area contributed by atoms with E-state index in [2.05, 4.69) is 31.2 Å². The minimum absolute atomic E-state index is 0.345. The average molecular weight is 286 g/mol. The average Bonchev–Trinajstić information content (AvgIpc) is 2.55. The molecule has 0 amide bonds. The fraction of sp³-hybridized carbons (Fsp3) is 0.800. The van der Waals surface area contributed by atoms with E-state index in [4.69, 9.17) is 11.6 Å². The zero-order valence-electron chi connectivity index (χ0n) is 13.0. The lowest BCUT2D eigenvalue weighted by atomic mass is 9.87. The van der Waals surface area contributed by atoms with Gasteiger partial charge in [0.1, 0.15) is 5.15 Å². The van der Waals surface area contributed by atoms with E-state index in [0.29, 0.717) is 5.41 Å². The van der Waals surface area contributed by atoms with Crippen molar-refractivity contribution < 1.29 is 0 Å². The summed E-state index contributed by atoms with van der Waals surface area (Å²) in [6, 6.07) is 0. The van der Waals surface area contributed by atoms with Crippen LogP contribution < -0.4 is 5.32 Å². The molecule has 0 unspecified atom stereocenters. The van der Waals surface area contributed by atoms with Crippen molar-refractivity contribution in [2.45, 2.75) is 59.9 Å². The summed E-state index contributed by atoms with van der Waals surface area (Å²) in [6.45, 7) is 10.7. The fourth-order valence-electron chi connectivity index (χ4n) is 2.34. The van der Waals surface area contributed by atoms with Crippen molar-refractivity contribution in [1.82, 2.24) is 15.1 Å². The summed E-state index contributed by atoms with van der Waals surface area (Å²) in [6.07, 6.45) is 5.20. The predicted molar refractivity (Wildman–Crippen MR) is 82.6 cm³/mol. The molecule has 19 heavy (non-hydrogen) atoms. The first-order valence-electron chi connectivity index (χ1n) is 7.26. The van der Waals surface area contributed by atoms with Gasteiger partial charge in [-0.05, 0) is 18.8 Å². The molecule has 0 atom stereocenters. The largest absolute Gasteiger partial charge is 0.312 e. The summed E-state index contributed by atoms with van der Waals surface area (Å²) in [5, 5.41) is 8.60. The molecule has 0 aromatic carbocycles. The van der Waals surface area contributed by atoms with Crippen LogP contribution in [0.3, 0.4) is 0 Å². The third-order valence-corrected chi connectivity index (χ3v) is 4.11. The van der Waals surface area contributed by atoms with Crippen LogP contribution in [-0.2, 0) is 13.6 Å². The van der Waals surface area contributed by atoms with Crippen molar-refractivity contribution >= 4 is 11.6 Å². The highest BCUT2D eigenvalue weighted by atomic mass is 35.5. The molecule has 1 N–H and O–H groups in total. The molecule has 0 saturated carbocycles. The molecular weight excluding hydrogens is 258 g/mol. The van der Waals surface area contributed by atoms with Gasteiger partial charge in [0.25, 0.3) is 0 Å². The highest BCUT2D eigenvalue weighted by Gasteiger charge is 2.18. The summed E-state index contributed by atoms with van der Waals surface area (Å²) in [4.78, 5) is 0. The molecule has 0 fully saturated rings. The standard InChI is InChI=1S/C15H28ClN3/c1-6-7-8-9-15(3,4)11-17-10-13-12(2)18-19(5)14(13)16/h17H,6-11H2,1-5H3. The van der Waals surface area contributed by atoms with Gasteiger partial charge in [0, 0.05) is 25.7 Å². The molecule has 0 radical (unpaired) electrons. The molecule has 0 aliphatic heterocycles. The van der Waals surface area contributed by atoms with Crippen molar-refractivity contribution in [3.63, 3.8) is 0 Å². The summed E-state index contributed by atoms with van der Waals surface area (Å²) in [7, 11) is 1.88.